The third-order valence-electron chi connectivity index (χ3n) is 2.46. The number of halogens is 1. The Kier molecular flexibility index (Phi) is 4.09. The van der Waals surface area contributed by atoms with Crippen LogP contribution in [0.15, 0.2) is 30.6 Å². The summed E-state index contributed by atoms with van der Waals surface area (Å²) in [7, 11) is 2.68. The highest BCUT2D eigenvalue weighted by Crippen LogP contribution is 2.27. The second-order valence-corrected chi connectivity index (χ2v) is 3.75. The first kappa shape index (κ1) is 13.7. The van der Waals surface area contributed by atoms with E-state index in [9.17, 15) is 9.18 Å². The summed E-state index contributed by atoms with van der Waals surface area (Å²) in [6, 6.07) is 4.02. The highest BCUT2D eigenvalue weighted by Gasteiger charge is 2.10. The van der Waals surface area contributed by atoms with Gasteiger partial charge in [-0.1, -0.05) is 0 Å². The Bertz CT molecular complexity index is 634. The second-order valence-electron chi connectivity index (χ2n) is 3.75. The number of aromatic nitrogens is 2. The number of ether oxygens (including phenoxy) is 2. The summed E-state index contributed by atoms with van der Waals surface area (Å²) in [5.41, 5.74) is 0.573. The Morgan fingerprint density at radius 3 is 2.80 bits per heavy atom. The molecule has 1 heterocycles. The number of anilines is 2. The average Bonchev–Trinajstić information content (AvgIpc) is 2.48. The van der Waals surface area contributed by atoms with Gasteiger partial charge in [0.15, 0.2) is 5.69 Å². The average molecular weight is 277 g/mol. The Balaban J connectivity index is 2.28. The van der Waals surface area contributed by atoms with E-state index >= 15 is 0 Å². The molecule has 0 saturated heterocycles. The second kappa shape index (κ2) is 5.96. The number of rotatable bonds is 4. The van der Waals surface area contributed by atoms with E-state index in [1.807, 2.05) is 0 Å². The van der Waals surface area contributed by atoms with Crippen LogP contribution in [-0.2, 0) is 4.74 Å². The molecular formula is C13H12FN3O3. The SMILES string of the molecule is COC(=O)c1cncc(Nc2ccc(F)cc2OC)n1. The summed E-state index contributed by atoms with van der Waals surface area (Å²) >= 11 is 0. The molecular weight excluding hydrogens is 265 g/mol. The van der Waals surface area contributed by atoms with Gasteiger partial charge in [0, 0.05) is 6.07 Å². The molecule has 0 aliphatic heterocycles. The molecule has 1 aromatic heterocycles. The van der Waals surface area contributed by atoms with Crippen LogP contribution in [0.5, 0.6) is 5.75 Å². The molecule has 0 bridgehead atoms. The quantitative estimate of drug-likeness (QED) is 0.863. The van der Waals surface area contributed by atoms with Gasteiger partial charge in [-0.2, -0.15) is 0 Å². The Morgan fingerprint density at radius 2 is 2.10 bits per heavy atom. The standard InChI is InChI=1S/C13H12FN3O3/c1-19-11-5-8(14)3-4-9(11)16-12-7-15-6-10(17-12)13(18)20-2/h3-7H,1-2H3,(H,16,17). The Hall–Kier alpha value is -2.70. The van der Waals surface area contributed by atoms with Crippen molar-refractivity contribution >= 4 is 17.5 Å². The summed E-state index contributed by atoms with van der Waals surface area (Å²) in [6.07, 6.45) is 2.72. The van der Waals surface area contributed by atoms with Gasteiger partial charge in [0.05, 0.1) is 32.3 Å². The molecule has 0 radical (unpaired) electrons. The van der Waals surface area contributed by atoms with E-state index in [0.29, 0.717) is 17.3 Å². The number of methoxy groups -OCH3 is 2. The molecule has 104 valence electrons. The molecule has 7 heteroatoms. The molecule has 0 spiro atoms. The van der Waals surface area contributed by atoms with Crippen LogP contribution in [0.3, 0.4) is 0 Å². The first-order chi connectivity index (χ1) is 9.63. The molecule has 6 nitrogen and oxygen atoms in total. The van der Waals surface area contributed by atoms with Crippen LogP contribution in [0, 0.1) is 5.82 Å². The molecule has 0 aliphatic carbocycles. The van der Waals surface area contributed by atoms with Crippen LogP contribution in [-0.4, -0.2) is 30.2 Å². The summed E-state index contributed by atoms with van der Waals surface area (Å²) in [6.45, 7) is 0. The first-order valence-corrected chi connectivity index (χ1v) is 5.65. The zero-order valence-electron chi connectivity index (χ0n) is 10.9. The number of benzene rings is 1. The van der Waals surface area contributed by atoms with Crippen molar-refractivity contribution in [2.45, 2.75) is 0 Å². The number of hydrogen-bond acceptors (Lipinski definition) is 6. The molecule has 0 aliphatic rings. The van der Waals surface area contributed by atoms with Gasteiger partial charge >= 0.3 is 5.97 Å². The minimum Gasteiger partial charge on any atom is -0.494 e. The van der Waals surface area contributed by atoms with E-state index in [2.05, 4.69) is 20.0 Å². The third-order valence-corrected chi connectivity index (χ3v) is 2.46. The lowest BCUT2D eigenvalue weighted by Gasteiger charge is -2.10. The lowest BCUT2D eigenvalue weighted by atomic mass is 10.3. The zero-order chi connectivity index (χ0) is 14.5. The Morgan fingerprint density at radius 1 is 1.30 bits per heavy atom. The van der Waals surface area contributed by atoms with Crippen molar-refractivity contribution in [3.8, 4) is 5.75 Å². The number of esters is 1. The zero-order valence-corrected chi connectivity index (χ0v) is 10.9. The lowest BCUT2D eigenvalue weighted by Crippen LogP contribution is -2.07. The number of hydrogen-bond donors (Lipinski definition) is 1. The molecule has 0 atom stereocenters. The molecule has 1 N–H and O–H groups in total. The van der Waals surface area contributed by atoms with Crippen molar-refractivity contribution in [1.82, 2.24) is 9.97 Å². The summed E-state index contributed by atoms with van der Waals surface area (Å²) in [5, 5.41) is 2.90. The minimum atomic E-state index is -0.591. The fraction of sp³-hybridized carbons (Fsp3) is 0.154. The van der Waals surface area contributed by atoms with Gasteiger partial charge in [-0.3, -0.25) is 4.98 Å². The predicted molar refractivity (Wildman–Crippen MR) is 69.6 cm³/mol. The maximum Gasteiger partial charge on any atom is 0.358 e. The van der Waals surface area contributed by atoms with Crippen LogP contribution >= 0.6 is 0 Å². The summed E-state index contributed by atoms with van der Waals surface area (Å²) in [5.74, 6) is -0.373. The maximum absolute atomic E-state index is 13.1. The van der Waals surface area contributed by atoms with Gasteiger partial charge < -0.3 is 14.8 Å². The van der Waals surface area contributed by atoms with Crippen LogP contribution in [0.25, 0.3) is 0 Å². The highest BCUT2D eigenvalue weighted by atomic mass is 19.1. The molecule has 2 aromatic rings. The lowest BCUT2D eigenvalue weighted by molar-refractivity contribution is 0.0593. The van der Waals surface area contributed by atoms with Crippen molar-refractivity contribution in [3.63, 3.8) is 0 Å². The number of nitrogens with one attached hydrogen (secondary N) is 1. The van der Waals surface area contributed by atoms with E-state index in [4.69, 9.17) is 4.74 Å². The molecule has 0 amide bonds. The van der Waals surface area contributed by atoms with E-state index < -0.39 is 11.8 Å². The number of carbonyl (C=O) groups is 1. The van der Waals surface area contributed by atoms with Crippen LogP contribution in [0.1, 0.15) is 10.5 Å². The van der Waals surface area contributed by atoms with Crippen molar-refractivity contribution in [2.24, 2.45) is 0 Å². The number of nitrogens with zero attached hydrogens (tertiary/aromatic N) is 2. The van der Waals surface area contributed by atoms with Crippen LogP contribution in [0.2, 0.25) is 0 Å². The van der Waals surface area contributed by atoms with Crippen molar-refractivity contribution in [3.05, 3.63) is 42.1 Å². The monoisotopic (exact) mass is 277 g/mol. The maximum atomic E-state index is 13.1. The topological polar surface area (TPSA) is 73.3 Å². The first-order valence-electron chi connectivity index (χ1n) is 5.65. The van der Waals surface area contributed by atoms with Crippen molar-refractivity contribution < 1.29 is 18.7 Å². The number of carbonyl (C=O) groups excluding carboxylic acids is 1. The molecule has 20 heavy (non-hydrogen) atoms. The molecule has 1 aromatic carbocycles. The minimum absolute atomic E-state index is 0.0681. The largest absolute Gasteiger partial charge is 0.494 e. The third kappa shape index (κ3) is 3.00. The Labute approximate surface area is 114 Å². The molecule has 0 fully saturated rings. The van der Waals surface area contributed by atoms with E-state index in [-0.39, 0.29) is 5.69 Å². The van der Waals surface area contributed by atoms with Gasteiger partial charge in [0.2, 0.25) is 0 Å². The molecule has 0 saturated carbocycles. The van der Waals surface area contributed by atoms with E-state index in [1.165, 1.54) is 44.8 Å². The molecule has 0 unspecified atom stereocenters. The van der Waals surface area contributed by atoms with Gasteiger partial charge in [-0.15, -0.1) is 0 Å². The van der Waals surface area contributed by atoms with E-state index in [0.717, 1.165) is 0 Å². The summed E-state index contributed by atoms with van der Waals surface area (Å²) < 4.78 is 22.7. The predicted octanol–water partition coefficient (Wildman–Crippen LogP) is 2.15. The smallest absolute Gasteiger partial charge is 0.358 e. The summed E-state index contributed by atoms with van der Waals surface area (Å²) in [4.78, 5) is 19.3. The normalized spacial score (nSPS) is 9.95. The van der Waals surface area contributed by atoms with Gasteiger partial charge in [0.25, 0.3) is 0 Å². The highest BCUT2D eigenvalue weighted by molar-refractivity contribution is 5.87. The fourth-order valence-corrected chi connectivity index (χ4v) is 1.54. The van der Waals surface area contributed by atoms with Crippen molar-refractivity contribution in [2.75, 3.05) is 19.5 Å². The fourth-order valence-electron chi connectivity index (χ4n) is 1.54. The molecule has 2 rings (SSSR count). The van der Waals surface area contributed by atoms with Crippen molar-refractivity contribution in [1.29, 1.82) is 0 Å². The van der Waals surface area contributed by atoms with E-state index in [1.54, 1.807) is 0 Å². The van der Waals surface area contributed by atoms with Gasteiger partial charge in [-0.05, 0) is 12.1 Å². The van der Waals surface area contributed by atoms with Gasteiger partial charge in [-0.25, -0.2) is 14.2 Å². The van der Waals surface area contributed by atoms with Crippen LogP contribution < -0.4 is 10.1 Å². The van der Waals surface area contributed by atoms with Crippen LogP contribution in [0.4, 0.5) is 15.9 Å². The van der Waals surface area contributed by atoms with Gasteiger partial charge in [0.1, 0.15) is 17.4 Å².